The molecular formula is C27H22N8O. The average molecular weight is 475 g/mol. The molecule has 0 saturated heterocycles. The Bertz CT molecular complexity index is 1720. The van der Waals surface area contributed by atoms with Gasteiger partial charge < -0.3 is 10.3 Å². The van der Waals surface area contributed by atoms with Crippen molar-refractivity contribution in [3.05, 3.63) is 73.6 Å². The lowest BCUT2D eigenvalue weighted by Crippen LogP contribution is -2.17. The lowest BCUT2D eigenvalue weighted by atomic mass is 10.1. The Labute approximate surface area is 206 Å². The average Bonchev–Trinajstić information content (AvgIpc) is 3.53. The Balaban J connectivity index is 1.41. The highest BCUT2D eigenvalue weighted by molar-refractivity contribution is 6.00. The van der Waals surface area contributed by atoms with E-state index in [1.54, 1.807) is 24.8 Å². The highest BCUT2D eigenvalue weighted by Gasteiger charge is 2.16. The number of amides is 1. The van der Waals surface area contributed by atoms with Gasteiger partial charge in [0.25, 0.3) is 0 Å². The van der Waals surface area contributed by atoms with Crippen molar-refractivity contribution in [1.29, 1.82) is 0 Å². The second-order valence-corrected chi connectivity index (χ2v) is 8.84. The van der Waals surface area contributed by atoms with Gasteiger partial charge in [0.05, 0.1) is 40.5 Å². The Morgan fingerprint density at radius 2 is 1.78 bits per heavy atom. The summed E-state index contributed by atoms with van der Waals surface area (Å²) < 4.78 is 0. The van der Waals surface area contributed by atoms with Crippen LogP contribution in [0.15, 0.2) is 73.6 Å². The maximum absolute atomic E-state index is 12.1. The van der Waals surface area contributed by atoms with Gasteiger partial charge in [0, 0.05) is 52.8 Å². The van der Waals surface area contributed by atoms with E-state index in [0.29, 0.717) is 11.4 Å². The zero-order chi connectivity index (χ0) is 24.6. The molecule has 3 N–H and O–H groups in total. The molecule has 0 atom stereocenters. The molecule has 6 heterocycles. The molecule has 0 saturated carbocycles. The number of hydrogen-bond acceptors (Lipinski definition) is 6. The molecule has 0 aliphatic carbocycles. The fourth-order valence-corrected chi connectivity index (χ4v) is 4.11. The molecule has 0 spiro atoms. The summed E-state index contributed by atoms with van der Waals surface area (Å²) in [5.41, 5.74) is 8.11. The van der Waals surface area contributed by atoms with Crippen LogP contribution in [0.4, 0.5) is 5.69 Å². The molecule has 0 radical (unpaired) electrons. The summed E-state index contributed by atoms with van der Waals surface area (Å²) >= 11 is 0. The van der Waals surface area contributed by atoms with Gasteiger partial charge in [-0.25, -0.2) is 4.98 Å². The molecule has 0 aliphatic rings. The van der Waals surface area contributed by atoms with Crippen molar-refractivity contribution in [2.75, 3.05) is 5.32 Å². The molecule has 0 bridgehead atoms. The zero-order valence-corrected chi connectivity index (χ0v) is 19.6. The van der Waals surface area contributed by atoms with Crippen LogP contribution >= 0.6 is 0 Å². The molecule has 6 aromatic rings. The number of hydrogen-bond donors (Lipinski definition) is 3. The van der Waals surface area contributed by atoms with Crippen molar-refractivity contribution in [3.63, 3.8) is 0 Å². The summed E-state index contributed by atoms with van der Waals surface area (Å²) in [6.07, 6.45) is 10.6. The van der Waals surface area contributed by atoms with E-state index >= 15 is 0 Å². The smallest absolute Gasteiger partial charge is 0.226 e. The predicted molar refractivity (Wildman–Crippen MR) is 139 cm³/mol. The minimum Gasteiger partial charge on any atom is -0.352 e. The summed E-state index contributed by atoms with van der Waals surface area (Å²) in [5, 5.41) is 11.5. The van der Waals surface area contributed by atoms with Gasteiger partial charge in [-0.3, -0.25) is 24.8 Å². The third kappa shape index (κ3) is 3.86. The van der Waals surface area contributed by atoms with Gasteiger partial charge in [0.1, 0.15) is 11.2 Å². The van der Waals surface area contributed by atoms with E-state index in [4.69, 9.17) is 4.98 Å². The number of nitrogens with zero attached hydrogens (tertiary/aromatic N) is 5. The third-order valence-corrected chi connectivity index (χ3v) is 6.01. The van der Waals surface area contributed by atoms with Crippen LogP contribution in [0.1, 0.15) is 13.8 Å². The molecule has 0 aliphatic heterocycles. The van der Waals surface area contributed by atoms with E-state index in [1.165, 1.54) is 0 Å². The highest BCUT2D eigenvalue weighted by atomic mass is 16.1. The van der Waals surface area contributed by atoms with Gasteiger partial charge in [-0.2, -0.15) is 5.10 Å². The van der Waals surface area contributed by atoms with Crippen molar-refractivity contribution >= 4 is 33.5 Å². The van der Waals surface area contributed by atoms with Crippen LogP contribution in [-0.4, -0.2) is 41.0 Å². The predicted octanol–water partition coefficient (Wildman–Crippen LogP) is 5.22. The normalized spacial score (nSPS) is 11.4. The Hall–Kier alpha value is -4.92. The number of aromatic amines is 2. The Kier molecular flexibility index (Phi) is 5.22. The van der Waals surface area contributed by atoms with Crippen LogP contribution in [0, 0.1) is 5.92 Å². The van der Waals surface area contributed by atoms with Crippen LogP contribution in [-0.2, 0) is 4.79 Å². The van der Waals surface area contributed by atoms with Crippen LogP contribution in [0.5, 0.6) is 0 Å². The van der Waals surface area contributed by atoms with E-state index in [0.717, 1.165) is 50.0 Å². The number of anilines is 1. The summed E-state index contributed by atoms with van der Waals surface area (Å²) in [7, 11) is 0. The quantitative estimate of drug-likeness (QED) is 0.315. The van der Waals surface area contributed by atoms with Crippen molar-refractivity contribution in [2.24, 2.45) is 5.92 Å². The number of rotatable bonds is 5. The standard InChI is InChI=1S/C27H22N8O/c1-15(2)27(36)31-18-8-17(11-29-12-18)21-5-6-22-25(33-21)26(35-34-22)23-9-19-20(13-30-14-24(19)32-23)16-4-3-7-28-10-16/h3-15,32H,1-2H3,(H,31,36)(H,34,35). The summed E-state index contributed by atoms with van der Waals surface area (Å²) in [4.78, 5) is 33.4. The number of pyridine rings is 4. The third-order valence-electron chi connectivity index (χ3n) is 6.01. The van der Waals surface area contributed by atoms with Gasteiger partial charge >= 0.3 is 0 Å². The van der Waals surface area contributed by atoms with Gasteiger partial charge in [0.2, 0.25) is 5.91 Å². The first-order chi connectivity index (χ1) is 17.6. The van der Waals surface area contributed by atoms with E-state index in [9.17, 15) is 4.79 Å². The van der Waals surface area contributed by atoms with Crippen molar-refractivity contribution in [3.8, 4) is 33.8 Å². The summed E-state index contributed by atoms with van der Waals surface area (Å²) in [5.74, 6) is -0.185. The van der Waals surface area contributed by atoms with Crippen molar-refractivity contribution in [1.82, 2.24) is 35.1 Å². The Morgan fingerprint density at radius 1 is 0.917 bits per heavy atom. The van der Waals surface area contributed by atoms with E-state index in [-0.39, 0.29) is 11.8 Å². The molecule has 36 heavy (non-hydrogen) atoms. The minimum absolute atomic E-state index is 0.0616. The maximum atomic E-state index is 12.1. The second-order valence-electron chi connectivity index (χ2n) is 8.84. The van der Waals surface area contributed by atoms with Crippen LogP contribution < -0.4 is 5.32 Å². The van der Waals surface area contributed by atoms with Crippen LogP contribution in [0.25, 0.3) is 55.7 Å². The first-order valence-corrected chi connectivity index (χ1v) is 11.6. The molecule has 0 unspecified atom stereocenters. The SMILES string of the molecule is CC(C)C(=O)Nc1cncc(-c2ccc3[nH]nc(-c4cc5c(-c6cccnc6)cncc5[nH]4)c3n2)c1. The zero-order valence-electron chi connectivity index (χ0n) is 19.6. The summed E-state index contributed by atoms with van der Waals surface area (Å²) in [6.45, 7) is 3.70. The van der Waals surface area contributed by atoms with E-state index in [1.807, 2.05) is 56.6 Å². The molecule has 6 rings (SSSR count). The number of aromatic nitrogens is 7. The van der Waals surface area contributed by atoms with Crippen LogP contribution in [0.3, 0.4) is 0 Å². The maximum Gasteiger partial charge on any atom is 0.226 e. The molecule has 0 fully saturated rings. The highest BCUT2D eigenvalue weighted by Crippen LogP contribution is 2.33. The molecule has 9 heteroatoms. The number of carbonyl (C=O) groups excluding carboxylic acids is 1. The monoisotopic (exact) mass is 474 g/mol. The molecule has 6 aromatic heterocycles. The number of nitrogens with one attached hydrogen (secondary N) is 3. The van der Waals surface area contributed by atoms with E-state index < -0.39 is 0 Å². The Morgan fingerprint density at radius 3 is 2.61 bits per heavy atom. The number of H-pyrrole nitrogens is 2. The van der Waals surface area contributed by atoms with Crippen LogP contribution in [0.2, 0.25) is 0 Å². The second kappa shape index (κ2) is 8.70. The largest absolute Gasteiger partial charge is 0.352 e. The lowest BCUT2D eigenvalue weighted by Gasteiger charge is -2.08. The first kappa shape index (κ1) is 21.6. The summed E-state index contributed by atoms with van der Waals surface area (Å²) in [6, 6.07) is 11.7. The van der Waals surface area contributed by atoms with Gasteiger partial charge in [-0.05, 0) is 30.3 Å². The first-order valence-electron chi connectivity index (χ1n) is 11.6. The van der Waals surface area contributed by atoms with Crippen molar-refractivity contribution < 1.29 is 4.79 Å². The van der Waals surface area contributed by atoms with Gasteiger partial charge in [-0.15, -0.1) is 0 Å². The fourth-order valence-electron chi connectivity index (χ4n) is 4.11. The minimum atomic E-state index is -0.123. The molecule has 9 nitrogen and oxygen atoms in total. The number of fused-ring (bicyclic) bond motifs is 2. The molecule has 1 amide bonds. The fraction of sp³-hybridized carbons (Fsp3) is 0.111. The van der Waals surface area contributed by atoms with Gasteiger partial charge in [-0.1, -0.05) is 19.9 Å². The van der Waals surface area contributed by atoms with E-state index in [2.05, 4.69) is 41.5 Å². The topological polar surface area (TPSA) is 125 Å². The number of carbonyl (C=O) groups is 1. The lowest BCUT2D eigenvalue weighted by molar-refractivity contribution is -0.118. The molecule has 0 aromatic carbocycles. The van der Waals surface area contributed by atoms with Crippen molar-refractivity contribution in [2.45, 2.75) is 13.8 Å². The molecular weight excluding hydrogens is 452 g/mol. The van der Waals surface area contributed by atoms with Gasteiger partial charge in [0.15, 0.2) is 0 Å². The molecule has 176 valence electrons.